The lowest BCUT2D eigenvalue weighted by molar-refractivity contribution is -0.0694. The molecule has 0 aliphatic carbocycles. The first-order valence-electron chi connectivity index (χ1n) is 14.9. The first-order valence-corrected chi connectivity index (χ1v) is 14.9. The van der Waals surface area contributed by atoms with Crippen LogP contribution in [0.2, 0.25) is 0 Å². The van der Waals surface area contributed by atoms with Gasteiger partial charge in [0.1, 0.15) is 12.3 Å². The standard InChI is InChI=1S/C36H39N3O5/c1-25-14-19-31(37-23-25)29-17-15-27(16-18-29)20-30(38-34(40)43-24-28-12-8-5-9-13-28)22-33-32(21-26-10-6-4-7-11-26)39(35(41)42)36(2,3)44-33/h4-19,23,30,32-33H,20-22,24H2,1-3H3,(H,38,40)(H,41,42)/t30?,32-,33-/m0/s1. The van der Waals surface area contributed by atoms with E-state index in [0.717, 1.165) is 33.5 Å². The van der Waals surface area contributed by atoms with E-state index in [1.54, 1.807) is 13.8 Å². The van der Waals surface area contributed by atoms with Crippen molar-refractivity contribution < 1.29 is 24.2 Å². The highest BCUT2D eigenvalue weighted by atomic mass is 16.6. The molecule has 228 valence electrons. The molecule has 8 heteroatoms. The van der Waals surface area contributed by atoms with Crippen LogP contribution in [0.15, 0.2) is 103 Å². The van der Waals surface area contributed by atoms with Crippen LogP contribution in [0.5, 0.6) is 0 Å². The second-order valence-electron chi connectivity index (χ2n) is 11.8. The van der Waals surface area contributed by atoms with E-state index in [1.165, 1.54) is 4.90 Å². The molecule has 1 unspecified atom stereocenters. The molecular formula is C36H39N3O5. The Kier molecular flexibility index (Phi) is 9.60. The molecule has 8 nitrogen and oxygen atoms in total. The molecule has 44 heavy (non-hydrogen) atoms. The van der Waals surface area contributed by atoms with Gasteiger partial charge in [-0.25, -0.2) is 9.59 Å². The van der Waals surface area contributed by atoms with Crippen molar-refractivity contribution in [3.05, 3.63) is 126 Å². The smallest absolute Gasteiger partial charge is 0.409 e. The minimum Gasteiger partial charge on any atom is -0.465 e. The third-order valence-electron chi connectivity index (χ3n) is 7.97. The zero-order chi connectivity index (χ0) is 31.1. The summed E-state index contributed by atoms with van der Waals surface area (Å²) in [6.45, 7) is 5.70. The van der Waals surface area contributed by atoms with Crippen LogP contribution >= 0.6 is 0 Å². The molecule has 0 radical (unpaired) electrons. The molecule has 1 saturated heterocycles. The van der Waals surface area contributed by atoms with E-state index in [-0.39, 0.29) is 12.6 Å². The summed E-state index contributed by atoms with van der Waals surface area (Å²) >= 11 is 0. The van der Waals surface area contributed by atoms with Gasteiger partial charge >= 0.3 is 12.2 Å². The second kappa shape index (κ2) is 13.7. The molecule has 1 aliphatic rings. The molecule has 2 N–H and O–H groups in total. The van der Waals surface area contributed by atoms with E-state index < -0.39 is 30.1 Å². The molecule has 0 bridgehead atoms. The highest BCUT2D eigenvalue weighted by Crippen LogP contribution is 2.36. The van der Waals surface area contributed by atoms with Crippen LogP contribution in [0.3, 0.4) is 0 Å². The monoisotopic (exact) mass is 593 g/mol. The van der Waals surface area contributed by atoms with Gasteiger partial charge in [-0.3, -0.25) is 9.88 Å². The second-order valence-corrected chi connectivity index (χ2v) is 11.8. The molecule has 5 rings (SSSR count). The maximum Gasteiger partial charge on any atom is 0.409 e. The molecule has 2 amide bonds. The van der Waals surface area contributed by atoms with Crippen LogP contribution in [-0.2, 0) is 28.9 Å². The Morgan fingerprint density at radius 2 is 1.59 bits per heavy atom. The Balaban J connectivity index is 1.36. The average molecular weight is 594 g/mol. The van der Waals surface area contributed by atoms with Crippen LogP contribution in [0.1, 0.15) is 42.5 Å². The summed E-state index contributed by atoms with van der Waals surface area (Å²) in [6.07, 6.45) is 1.21. The molecular weight excluding hydrogens is 554 g/mol. The zero-order valence-electron chi connectivity index (χ0n) is 25.4. The van der Waals surface area contributed by atoms with Gasteiger partial charge in [0, 0.05) is 17.8 Å². The van der Waals surface area contributed by atoms with Crippen molar-refractivity contribution >= 4 is 12.2 Å². The number of nitrogens with one attached hydrogen (secondary N) is 1. The lowest BCUT2D eigenvalue weighted by atomic mass is 9.93. The minimum absolute atomic E-state index is 0.147. The molecule has 3 atom stereocenters. The summed E-state index contributed by atoms with van der Waals surface area (Å²) in [5.74, 6) is 0. The van der Waals surface area contributed by atoms with E-state index in [1.807, 2.05) is 110 Å². The Labute approximate surface area is 258 Å². The quantitative estimate of drug-likeness (QED) is 0.205. The Morgan fingerprint density at radius 1 is 0.932 bits per heavy atom. The fourth-order valence-electron chi connectivity index (χ4n) is 5.87. The van der Waals surface area contributed by atoms with Gasteiger partial charge in [0.05, 0.1) is 17.8 Å². The SMILES string of the molecule is Cc1ccc(-c2ccc(CC(C[C@@H]3OC(C)(C)N(C(=O)O)[C@H]3Cc3ccccc3)NC(=O)OCc3ccccc3)cc2)nc1. The molecule has 1 aromatic heterocycles. The van der Waals surface area contributed by atoms with Gasteiger partial charge in [-0.1, -0.05) is 91.0 Å². The maximum atomic E-state index is 13.0. The molecule has 0 saturated carbocycles. The average Bonchev–Trinajstić information content (AvgIpc) is 3.26. The number of hydrogen-bond acceptors (Lipinski definition) is 5. The normalized spacial score (nSPS) is 18.0. The van der Waals surface area contributed by atoms with E-state index in [9.17, 15) is 14.7 Å². The van der Waals surface area contributed by atoms with Crippen LogP contribution < -0.4 is 5.32 Å². The summed E-state index contributed by atoms with van der Waals surface area (Å²) < 4.78 is 12.0. The van der Waals surface area contributed by atoms with E-state index in [0.29, 0.717) is 19.3 Å². The number of aromatic nitrogens is 1. The first kappa shape index (κ1) is 30.8. The van der Waals surface area contributed by atoms with Gasteiger partial charge in [-0.05, 0) is 68.4 Å². The maximum absolute atomic E-state index is 13.0. The number of benzene rings is 3. The van der Waals surface area contributed by atoms with Crippen LogP contribution in [0.25, 0.3) is 11.3 Å². The van der Waals surface area contributed by atoms with Crippen molar-refractivity contribution in [2.45, 2.75) is 70.6 Å². The fraction of sp³-hybridized carbons (Fsp3) is 0.306. The number of ether oxygens (including phenoxy) is 2. The number of carbonyl (C=O) groups is 2. The van der Waals surface area contributed by atoms with E-state index in [4.69, 9.17) is 9.47 Å². The summed E-state index contributed by atoms with van der Waals surface area (Å²) in [4.78, 5) is 31.4. The van der Waals surface area contributed by atoms with Crippen molar-refractivity contribution in [1.82, 2.24) is 15.2 Å². The van der Waals surface area contributed by atoms with Crippen molar-refractivity contribution in [3.63, 3.8) is 0 Å². The Hall–Kier alpha value is -4.69. The third kappa shape index (κ3) is 7.82. The number of alkyl carbamates (subject to hydrolysis) is 1. The summed E-state index contributed by atoms with van der Waals surface area (Å²) in [7, 11) is 0. The topological polar surface area (TPSA) is 101 Å². The fourth-order valence-corrected chi connectivity index (χ4v) is 5.87. The molecule has 2 heterocycles. The van der Waals surface area contributed by atoms with Gasteiger partial charge in [0.15, 0.2) is 0 Å². The number of nitrogens with zero attached hydrogens (tertiary/aromatic N) is 2. The summed E-state index contributed by atoms with van der Waals surface area (Å²) in [5.41, 5.74) is 4.88. The largest absolute Gasteiger partial charge is 0.465 e. The van der Waals surface area contributed by atoms with Crippen molar-refractivity contribution in [2.24, 2.45) is 0 Å². The van der Waals surface area contributed by atoms with Crippen molar-refractivity contribution in [2.75, 3.05) is 0 Å². The number of carboxylic acid groups (broad SMARTS) is 1. The van der Waals surface area contributed by atoms with Gasteiger partial charge in [-0.2, -0.15) is 0 Å². The number of aryl methyl sites for hydroxylation is 1. The van der Waals surface area contributed by atoms with Gasteiger partial charge in [0.25, 0.3) is 0 Å². The lowest BCUT2D eigenvalue weighted by Crippen LogP contribution is -2.49. The number of pyridine rings is 1. The number of rotatable bonds is 10. The minimum atomic E-state index is -1.04. The van der Waals surface area contributed by atoms with E-state index in [2.05, 4.69) is 10.3 Å². The molecule has 1 aliphatic heterocycles. The highest BCUT2D eigenvalue weighted by Gasteiger charge is 2.50. The van der Waals surface area contributed by atoms with Crippen LogP contribution in [0, 0.1) is 6.92 Å². The molecule has 1 fully saturated rings. The van der Waals surface area contributed by atoms with E-state index >= 15 is 0 Å². The Morgan fingerprint density at radius 3 is 2.20 bits per heavy atom. The van der Waals surface area contributed by atoms with Crippen molar-refractivity contribution in [1.29, 1.82) is 0 Å². The van der Waals surface area contributed by atoms with Crippen LogP contribution in [-0.4, -0.2) is 51.1 Å². The summed E-state index contributed by atoms with van der Waals surface area (Å²) in [5, 5.41) is 13.2. The Bertz CT molecular complexity index is 1530. The molecule has 0 spiro atoms. The lowest BCUT2D eigenvalue weighted by Gasteiger charge is -2.31. The van der Waals surface area contributed by atoms with Crippen molar-refractivity contribution in [3.8, 4) is 11.3 Å². The van der Waals surface area contributed by atoms with Gasteiger partial charge < -0.3 is 19.9 Å². The predicted octanol–water partition coefficient (Wildman–Crippen LogP) is 7.01. The molecule has 4 aromatic rings. The first-order chi connectivity index (χ1) is 21.2. The number of carbonyl (C=O) groups excluding carboxylic acids is 1. The number of hydrogen-bond donors (Lipinski definition) is 2. The molecule has 3 aromatic carbocycles. The van der Waals surface area contributed by atoms with Crippen LogP contribution in [0.4, 0.5) is 9.59 Å². The van der Waals surface area contributed by atoms with Gasteiger partial charge in [0.2, 0.25) is 0 Å². The van der Waals surface area contributed by atoms with Gasteiger partial charge in [-0.15, -0.1) is 0 Å². The predicted molar refractivity (Wildman–Crippen MR) is 169 cm³/mol. The highest BCUT2D eigenvalue weighted by molar-refractivity contribution is 5.68. The number of amides is 2. The third-order valence-corrected chi connectivity index (χ3v) is 7.97. The zero-order valence-corrected chi connectivity index (χ0v) is 25.4. The summed E-state index contributed by atoms with van der Waals surface area (Å²) in [6, 6.07) is 30.6.